The summed E-state index contributed by atoms with van der Waals surface area (Å²) >= 11 is 0. The van der Waals surface area contributed by atoms with Crippen LogP contribution in [0.2, 0.25) is 0 Å². The summed E-state index contributed by atoms with van der Waals surface area (Å²) in [5.41, 5.74) is 0. The zero-order valence-electron chi connectivity index (χ0n) is 8.42. The Kier molecular flexibility index (Phi) is 2.40. The third-order valence-electron chi connectivity index (χ3n) is 3.63. The van der Waals surface area contributed by atoms with Gasteiger partial charge < -0.3 is 4.90 Å². The minimum absolute atomic E-state index is 0.928. The number of piperidine rings is 1. The highest BCUT2D eigenvalue weighted by Crippen LogP contribution is 2.32. The van der Waals surface area contributed by atoms with E-state index in [-0.39, 0.29) is 0 Å². The van der Waals surface area contributed by atoms with E-state index in [9.17, 15) is 0 Å². The second-order valence-electron chi connectivity index (χ2n) is 4.95. The lowest BCUT2D eigenvalue weighted by Gasteiger charge is -2.35. The molecule has 0 N–H and O–H groups in total. The van der Waals surface area contributed by atoms with Gasteiger partial charge in [0, 0.05) is 13.1 Å². The van der Waals surface area contributed by atoms with E-state index >= 15 is 0 Å². The summed E-state index contributed by atoms with van der Waals surface area (Å²) in [6.45, 7) is 8.93. The van der Waals surface area contributed by atoms with Gasteiger partial charge in [-0.05, 0) is 43.6 Å². The summed E-state index contributed by atoms with van der Waals surface area (Å²) in [6.07, 6.45) is 4.43. The van der Waals surface area contributed by atoms with Crippen LogP contribution in [0.3, 0.4) is 0 Å². The molecule has 70 valence electrons. The molecule has 1 heterocycles. The second-order valence-corrected chi connectivity index (χ2v) is 4.95. The molecule has 2 fully saturated rings. The van der Waals surface area contributed by atoms with Gasteiger partial charge in [0.1, 0.15) is 0 Å². The zero-order chi connectivity index (χ0) is 8.55. The Bertz CT molecular complexity index is 151. The van der Waals surface area contributed by atoms with Crippen molar-refractivity contribution < 1.29 is 0 Å². The van der Waals surface area contributed by atoms with Crippen molar-refractivity contribution in [1.82, 2.24) is 4.90 Å². The van der Waals surface area contributed by atoms with Crippen LogP contribution in [0.5, 0.6) is 0 Å². The highest BCUT2D eigenvalue weighted by Gasteiger charge is 2.28. The van der Waals surface area contributed by atoms with E-state index in [1.165, 1.54) is 38.9 Å². The highest BCUT2D eigenvalue weighted by molar-refractivity contribution is 4.81. The van der Waals surface area contributed by atoms with Gasteiger partial charge in [-0.25, -0.2) is 0 Å². The van der Waals surface area contributed by atoms with Crippen LogP contribution in [0.15, 0.2) is 0 Å². The molecule has 0 aromatic carbocycles. The van der Waals surface area contributed by atoms with Gasteiger partial charge in [0.05, 0.1) is 0 Å². The van der Waals surface area contributed by atoms with Crippen molar-refractivity contribution in [2.45, 2.75) is 33.1 Å². The lowest BCUT2D eigenvalue weighted by atomic mass is 9.88. The molecule has 2 atom stereocenters. The average Bonchev–Trinajstić information content (AvgIpc) is 2.81. The fraction of sp³-hybridized carbons (Fsp3) is 1.00. The van der Waals surface area contributed by atoms with Crippen molar-refractivity contribution >= 4 is 0 Å². The molecular weight excluding hydrogens is 146 g/mol. The number of hydrogen-bond donors (Lipinski definition) is 0. The number of likely N-dealkylation sites (tertiary alicyclic amines) is 1. The van der Waals surface area contributed by atoms with Crippen LogP contribution in [0.25, 0.3) is 0 Å². The Hall–Kier alpha value is -0.0400. The van der Waals surface area contributed by atoms with Crippen molar-refractivity contribution in [2.24, 2.45) is 17.8 Å². The molecule has 1 heteroatoms. The average molecular weight is 167 g/mol. The lowest BCUT2D eigenvalue weighted by molar-refractivity contribution is 0.134. The van der Waals surface area contributed by atoms with E-state index in [2.05, 4.69) is 18.7 Å². The van der Waals surface area contributed by atoms with Gasteiger partial charge in [-0.3, -0.25) is 0 Å². The number of nitrogens with zero attached hydrogens (tertiary/aromatic N) is 1. The van der Waals surface area contributed by atoms with Crippen LogP contribution in [0.1, 0.15) is 33.1 Å². The van der Waals surface area contributed by atoms with E-state index in [0.717, 1.165) is 17.8 Å². The molecule has 0 bridgehead atoms. The van der Waals surface area contributed by atoms with E-state index in [0.29, 0.717) is 0 Å². The van der Waals surface area contributed by atoms with Gasteiger partial charge in [0.25, 0.3) is 0 Å². The quantitative estimate of drug-likeness (QED) is 0.610. The largest absolute Gasteiger partial charge is 0.303 e. The maximum Gasteiger partial charge on any atom is 0.000978 e. The predicted octanol–water partition coefficient (Wildman–Crippen LogP) is 2.37. The van der Waals surface area contributed by atoms with Gasteiger partial charge in [-0.1, -0.05) is 13.8 Å². The van der Waals surface area contributed by atoms with Crippen LogP contribution < -0.4 is 0 Å². The van der Waals surface area contributed by atoms with Gasteiger partial charge >= 0.3 is 0 Å². The monoisotopic (exact) mass is 167 g/mol. The molecular formula is C11H21N. The summed E-state index contributed by atoms with van der Waals surface area (Å²) in [5, 5.41) is 0. The SMILES string of the molecule is C[C@@H]1CCN(CC2CC2)C[C@H]1C. The number of hydrogen-bond acceptors (Lipinski definition) is 1. The third-order valence-corrected chi connectivity index (χ3v) is 3.63. The Labute approximate surface area is 76.1 Å². The molecule has 1 aliphatic heterocycles. The van der Waals surface area contributed by atoms with Gasteiger partial charge in [-0.2, -0.15) is 0 Å². The lowest BCUT2D eigenvalue weighted by Crippen LogP contribution is -2.39. The summed E-state index contributed by atoms with van der Waals surface area (Å²) in [5.74, 6) is 2.96. The Morgan fingerprint density at radius 1 is 1.08 bits per heavy atom. The van der Waals surface area contributed by atoms with Crippen LogP contribution in [-0.4, -0.2) is 24.5 Å². The molecule has 2 rings (SSSR count). The molecule has 1 aliphatic carbocycles. The van der Waals surface area contributed by atoms with Crippen LogP contribution >= 0.6 is 0 Å². The third kappa shape index (κ3) is 2.01. The highest BCUT2D eigenvalue weighted by atomic mass is 15.1. The first-order chi connectivity index (χ1) is 5.75. The molecule has 0 aromatic rings. The first kappa shape index (κ1) is 8.55. The topological polar surface area (TPSA) is 3.24 Å². The van der Waals surface area contributed by atoms with Crippen LogP contribution in [0, 0.1) is 17.8 Å². The van der Waals surface area contributed by atoms with E-state index in [1.807, 2.05) is 0 Å². The fourth-order valence-corrected chi connectivity index (χ4v) is 2.18. The molecule has 1 nitrogen and oxygen atoms in total. The zero-order valence-corrected chi connectivity index (χ0v) is 8.42. The van der Waals surface area contributed by atoms with E-state index in [1.54, 1.807) is 0 Å². The van der Waals surface area contributed by atoms with Crippen molar-refractivity contribution in [3.63, 3.8) is 0 Å². The van der Waals surface area contributed by atoms with Crippen molar-refractivity contribution in [2.75, 3.05) is 19.6 Å². The van der Waals surface area contributed by atoms with E-state index < -0.39 is 0 Å². The first-order valence-electron chi connectivity index (χ1n) is 5.48. The van der Waals surface area contributed by atoms with Crippen LogP contribution in [0.4, 0.5) is 0 Å². The van der Waals surface area contributed by atoms with Gasteiger partial charge in [0.2, 0.25) is 0 Å². The molecule has 1 saturated carbocycles. The first-order valence-corrected chi connectivity index (χ1v) is 5.48. The summed E-state index contributed by atoms with van der Waals surface area (Å²) < 4.78 is 0. The summed E-state index contributed by atoms with van der Waals surface area (Å²) in [6, 6.07) is 0. The maximum absolute atomic E-state index is 2.68. The minimum atomic E-state index is 0.928. The number of rotatable bonds is 2. The molecule has 0 unspecified atom stereocenters. The van der Waals surface area contributed by atoms with Gasteiger partial charge in [-0.15, -0.1) is 0 Å². The Morgan fingerprint density at radius 2 is 1.83 bits per heavy atom. The fourth-order valence-electron chi connectivity index (χ4n) is 2.18. The molecule has 0 spiro atoms. The van der Waals surface area contributed by atoms with Crippen molar-refractivity contribution in [1.29, 1.82) is 0 Å². The van der Waals surface area contributed by atoms with Gasteiger partial charge in [0.15, 0.2) is 0 Å². The Morgan fingerprint density at radius 3 is 2.42 bits per heavy atom. The molecule has 1 saturated heterocycles. The second kappa shape index (κ2) is 3.37. The summed E-state index contributed by atoms with van der Waals surface area (Å²) in [4.78, 5) is 2.68. The van der Waals surface area contributed by atoms with Crippen molar-refractivity contribution in [3.8, 4) is 0 Å². The van der Waals surface area contributed by atoms with Crippen molar-refractivity contribution in [3.05, 3.63) is 0 Å². The smallest absolute Gasteiger partial charge is 0.000978 e. The molecule has 0 radical (unpaired) electrons. The van der Waals surface area contributed by atoms with Crippen LogP contribution in [-0.2, 0) is 0 Å². The van der Waals surface area contributed by atoms with E-state index in [4.69, 9.17) is 0 Å². The summed E-state index contributed by atoms with van der Waals surface area (Å²) in [7, 11) is 0. The molecule has 0 amide bonds. The molecule has 0 aromatic heterocycles. The standard InChI is InChI=1S/C11H21N/c1-9-5-6-12(7-10(9)2)8-11-3-4-11/h9-11H,3-8H2,1-2H3/t9-,10-/m1/s1. The minimum Gasteiger partial charge on any atom is -0.303 e. The predicted molar refractivity (Wildman–Crippen MR) is 52.1 cm³/mol. The normalized spacial score (nSPS) is 38.5. The Balaban J connectivity index is 1.76. The maximum atomic E-state index is 2.68. The molecule has 12 heavy (non-hydrogen) atoms. The molecule has 2 aliphatic rings.